The number of hydrogen-bond acceptors (Lipinski definition) is 1. The van der Waals surface area contributed by atoms with Crippen LogP contribution < -0.4 is 4.74 Å². The summed E-state index contributed by atoms with van der Waals surface area (Å²) in [5.74, 6) is 0.670. The highest BCUT2D eigenvalue weighted by Crippen LogP contribution is 2.33. The lowest BCUT2D eigenvalue weighted by Crippen LogP contribution is -1.83. The van der Waals surface area contributed by atoms with Crippen molar-refractivity contribution in [2.75, 3.05) is 7.11 Å². The van der Waals surface area contributed by atoms with Gasteiger partial charge in [-0.2, -0.15) is 0 Å². The number of fused-ring (bicyclic) bond motifs is 2. The number of aromatic nitrogens is 2. The SMILES string of the molecule is COc1cc2[nH]c(-c3cc4ccc(Br)cc4[nH]3)cc2cc1Cl. The van der Waals surface area contributed by atoms with Gasteiger partial charge in [0.15, 0.2) is 0 Å². The van der Waals surface area contributed by atoms with Crippen molar-refractivity contribution in [3.63, 3.8) is 0 Å². The lowest BCUT2D eigenvalue weighted by atomic mass is 10.2. The average Bonchev–Trinajstić information content (AvgIpc) is 3.08. The molecule has 0 fully saturated rings. The van der Waals surface area contributed by atoms with E-state index in [0.29, 0.717) is 10.8 Å². The predicted octanol–water partition coefficient (Wildman–Crippen LogP) is 5.74. The third kappa shape index (κ3) is 2.19. The number of halogens is 2. The molecular weight excluding hydrogens is 364 g/mol. The van der Waals surface area contributed by atoms with Crippen molar-refractivity contribution in [2.24, 2.45) is 0 Å². The molecule has 4 aromatic rings. The Morgan fingerprint density at radius 3 is 2.32 bits per heavy atom. The van der Waals surface area contributed by atoms with Gasteiger partial charge in [0.2, 0.25) is 0 Å². The maximum absolute atomic E-state index is 6.19. The van der Waals surface area contributed by atoms with E-state index < -0.39 is 0 Å². The summed E-state index contributed by atoms with van der Waals surface area (Å²) in [4.78, 5) is 6.84. The van der Waals surface area contributed by atoms with Gasteiger partial charge in [0.1, 0.15) is 5.75 Å². The van der Waals surface area contributed by atoms with E-state index in [1.807, 2.05) is 18.2 Å². The zero-order chi connectivity index (χ0) is 15.3. The van der Waals surface area contributed by atoms with E-state index in [2.05, 4.69) is 50.2 Å². The van der Waals surface area contributed by atoms with E-state index in [1.54, 1.807) is 7.11 Å². The normalized spacial score (nSPS) is 11.4. The van der Waals surface area contributed by atoms with Crippen LogP contribution >= 0.6 is 27.5 Å². The van der Waals surface area contributed by atoms with E-state index in [1.165, 1.54) is 5.39 Å². The van der Waals surface area contributed by atoms with Crippen molar-refractivity contribution >= 4 is 49.3 Å². The van der Waals surface area contributed by atoms with Gasteiger partial charge in [-0.3, -0.25) is 0 Å². The molecular formula is C17H12BrClN2O. The van der Waals surface area contributed by atoms with Gasteiger partial charge in [-0.25, -0.2) is 0 Å². The minimum atomic E-state index is 0.612. The number of H-pyrrole nitrogens is 2. The summed E-state index contributed by atoms with van der Waals surface area (Å²) < 4.78 is 6.32. The van der Waals surface area contributed by atoms with Crippen molar-refractivity contribution < 1.29 is 4.74 Å². The second-order valence-electron chi connectivity index (χ2n) is 5.17. The first kappa shape index (κ1) is 13.7. The first-order chi connectivity index (χ1) is 10.6. The highest BCUT2D eigenvalue weighted by Gasteiger charge is 2.10. The van der Waals surface area contributed by atoms with Gasteiger partial charge < -0.3 is 14.7 Å². The molecule has 110 valence electrons. The molecule has 4 rings (SSSR count). The minimum Gasteiger partial charge on any atom is -0.495 e. The summed E-state index contributed by atoms with van der Waals surface area (Å²) in [5.41, 5.74) is 4.15. The Morgan fingerprint density at radius 1 is 0.909 bits per heavy atom. The molecule has 2 N–H and O–H groups in total. The van der Waals surface area contributed by atoms with E-state index >= 15 is 0 Å². The third-order valence-corrected chi connectivity index (χ3v) is 4.56. The topological polar surface area (TPSA) is 40.8 Å². The van der Waals surface area contributed by atoms with Crippen molar-refractivity contribution in [3.05, 3.63) is 52.0 Å². The fraction of sp³-hybridized carbons (Fsp3) is 0.0588. The average molecular weight is 376 g/mol. The molecule has 22 heavy (non-hydrogen) atoms. The molecule has 0 radical (unpaired) electrons. The smallest absolute Gasteiger partial charge is 0.139 e. The summed E-state index contributed by atoms with van der Waals surface area (Å²) in [6, 6.07) is 14.2. The highest BCUT2D eigenvalue weighted by molar-refractivity contribution is 9.10. The predicted molar refractivity (Wildman–Crippen MR) is 94.9 cm³/mol. The number of methoxy groups -OCH3 is 1. The molecule has 2 aromatic carbocycles. The Labute approximate surface area is 140 Å². The number of benzene rings is 2. The third-order valence-electron chi connectivity index (χ3n) is 3.77. The molecule has 0 saturated carbocycles. The number of aromatic amines is 2. The molecule has 0 bridgehead atoms. The lowest BCUT2D eigenvalue weighted by molar-refractivity contribution is 0.415. The van der Waals surface area contributed by atoms with Gasteiger partial charge in [-0.05, 0) is 30.3 Å². The van der Waals surface area contributed by atoms with E-state index in [0.717, 1.165) is 32.3 Å². The van der Waals surface area contributed by atoms with Gasteiger partial charge in [-0.1, -0.05) is 33.6 Å². The first-order valence-corrected chi connectivity index (χ1v) is 7.96. The number of ether oxygens (including phenoxy) is 1. The van der Waals surface area contributed by atoms with Crippen LogP contribution in [0.25, 0.3) is 33.2 Å². The van der Waals surface area contributed by atoms with Crippen LogP contribution in [0.4, 0.5) is 0 Å². The molecule has 0 saturated heterocycles. The van der Waals surface area contributed by atoms with Gasteiger partial charge in [0.25, 0.3) is 0 Å². The van der Waals surface area contributed by atoms with Crippen LogP contribution in [0.3, 0.4) is 0 Å². The summed E-state index contributed by atoms with van der Waals surface area (Å²) >= 11 is 9.68. The molecule has 2 heterocycles. The molecule has 0 aliphatic heterocycles. The minimum absolute atomic E-state index is 0.612. The maximum Gasteiger partial charge on any atom is 0.139 e. The second kappa shape index (κ2) is 5.07. The molecule has 0 aliphatic rings. The van der Waals surface area contributed by atoms with Gasteiger partial charge in [-0.15, -0.1) is 0 Å². The van der Waals surface area contributed by atoms with Crippen LogP contribution in [-0.2, 0) is 0 Å². The van der Waals surface area contributed by atoms with Crippen LogP contribution in [0, 0.1) is 0 Å². The maximum atomic E-state index is 6.19. The second-order valence-corrected chi connectivity index (χ2v) is 6.49. The molecule has 0 atom stereocenters. The van der Waals surface area contributed by atoms with Crippen molar-refractivity contribution in [1.82, 2.24) is 9.97 Å². The van der Waals surface area contributed by atoms with Crippen LogP contribution in [0.15, 0.2) is 46.9 Å². The standard InChI is InChI=1S/C17H12BrClN2O/c1-22-17-8-14-10(4-12(17)19)6-16(21-14)15-5-9-2-3-11(18)7-13(9)20-15/h2-8,20-21H,1H3. The zero-order valence-corrected chi connectivity index (χ0v) is 14.0. The summed E-state index contributed by atoms with van der Waals surface area (Å²) in [6.07, 6.45) is 0. The van der Waals surface area contributed by atoms with Crippen LogP contribution in [0.5, 0.6) is 5.75 Å². The van der Waals surface area contributed by atoms with E-state index in [4.69, 9.17) is 16.3 Å². The van der Waals surface area contributed by atoms with Crippen LogP contribution in [-0.4, -0.2) is 17.1 Å². The van der Waals surface area contributed by atoms with E-state index in [-0.39, 0.29) is 0 Å². The summed E-state index contributed by atoms with van der Waals surface area (Å²) in [7, 11) is 1.62. The van der Waals surface area contributed by atoms with Crippen molar-refractivity contribution in [1.29, 1.82) is 0 Å². The fourth-order valence-electron chi connectivity index (χ4n) is 2.68. The summed E-state index contributed by atoms with van der Waals surface area (Å²) in [5, 5.41) is 2.84. The quantitative estimate of drug-likeness (QED) is 0.461. The molecule has 0 unspecified atom stereocenters. The van der Waals surface area contributed by atoms with Gasteiger partial charge in [0, 0.05) is 32.3 Å². The largest absolute Gasteiger partial charge is 0.495 e. The van der Waals surface area contributed by atoms with Crippen molar-refractivity contribution in [3.8, 4) is 17.1 Å². The Balaban J connectivity index is 1.88. The fourth-order valence-corrected chi connectivity index (χ4v) is 3.29. The van der Waals surface area contributed by atoms with Gasteiger partial charge in [0.05, 0.1) is 23.5 Å². The zero-order valence-electron chi connectivity index (χ0n) is 11.7. The monoisotopic (exact) mass is 374 g/mol. The van der Waals surface area contributed by atoms with E-state index in [9.17, 15) is 0 Å². The number of rotatable bonds is 2. The first-order valence-electron chi connectivity index (χ1n) is 6.79. The van der Waals surface area contributed by atoms with Crippen molar-refractivity contribution in [2.45, 2.75) is 0 Å². The lowest BCUT2D eigenvalue weighted by Gasteiger charge is -2.01. The van der Waals surface area contributed by atoms with Gasteiger partial charge >= 0.3 is 0 Å². The molecule has 2 aromatic heterocycles. The Morgan fingerprint density at radius 2 is 1.59 bits per heavy atom. The number of hydrogen-bond donors (Lipinski definition) is 2. The Kier molecular flexibility index (Phi) is 3.17. The molecule has 0 spiro atoms. The highest BCUT2D eigenvalue weighted by atomic mass is 79.9. The molecule has 3 nitrogen and oxygen atoms in total. The summed E-state index contributed by atoms with van der Waals surface area (Å²) in [6.45, 7) is 0. The molecule has 5 heteroatoms. The molecule has 0 amide bonds. The Hall–Kier alpha value is -1.91. The Bertz CT molecular complexity index is 1000. The molecule has 0 aliphatic carbocycles. The van der Waals surface area contributed by atoms with Crippen LogP contribution in [0.1, 0.15) is 0 Å². The number of nitrogens with one attached hydrogen (secondary N) is 2. The van der Waals surface area contributed by atoms with Crippen LogP contribution in [0.2, 0.25) is 5.02 Å².